The van der Waals surface area contributed by atoms with E-state index >= 15 is 0 Å². The van der Waals surface area contributed by atoms with Gasteiger partial charge in [0.05, 0.1) is 18.5 Å². The lowest BCUT2D eigenvalue weighted by atomic mass is 10.1. The van der Waals surface area contributed by atoms with Crippen molar-refractivity contribution in [2.24, 2.45) is 5.73 Å². The highest BCUT2D eigenvalue weighted by Crippen LogP contribution is 2.16. The van der Waals surface area contributed by atoms with Crippen molar-refractivity contribution >= 4 is 5.91 Å². The third-order valence-electron chi connectivity index (χ3n) is 3.88. The maximum atomic E-state index is 13.1. The molecule has 1 aromatic rings. The van der Waals surface area contributed by atoms with Gasteiger partial charge in [0.25, 0.3) is 5.91 Å². The maximum absolute atomic E-state index is 13.1. The first-order valence-corrected chi connectivity index (χ1v) is 9.44. The van der Waals surface area contributed by atoms with Crippen LogP contribution in [0.3, 0.4) is 0 Å². The Morgan fingerprint density at radius 2 is 2.03 bits per heavy atom. The van der Waals surface area contributed by atoms with Crippen LogP contribution in [0.25, 0.3) is 0 Å². The molecule has 1 rings (SSSR count). The van der Waals surface area contributed by atoms with Crippen molar-refractivity contribution in [1.82, 2.24) is 10.3 Å². The van der Waals surface area contributed by atoms with E-state index < -0.39 is 0 Å². The maximum Gasteiger partial charge on any atom is 0.255 e. The van der Waals surface area contributed by atoms with Crippen LogP contribution < -0.4 is 11.1 Å². The van der Waals surface area contributed by atoms with Gasteiger partial charge in [-0.25, -0.2) is 4.39 Å². The minimum Gasteiger partial charge on any atom is -0.496 e. The van der Waals surface area contributed by atoms with Crippen LogP contribution in [0.15, 0.2) is 97.0 Å². The van der Waals surface area contributed by atoms with E-state index in [0.29, 0.717) is 30.8 Å². The Kier molecular flexibility index (Phi) is 13.7. The molecule has 6 heteroatoms. The summed E-state index contributed by atoms with van der Waals surface area (Å²) in [5, 5.41) is 2.80. The van der Waals surface area contributed by atoms with E-state index in [1.807, 2.05) is 19.1 Å². The average Bonchev–Trinajstić information content (AvgIpc) is 2.76. The van der Waals surface area contributed by atoms with Crippen molar-refractivity contribution in [3.8, 4) is 0 Å². The van der Waals surface area contributed by atoms with Gasteiger partial charge in [0, 0.05) is 24.6 Å². The number of nitrogens with one attached hydrogen (secondary N) is 1. The summed E-state index contributed by atoms with van der Waals surface area (Å²) in [5.41, 5.74) is 8.59. The Morgan fingerprint density at radius 3 is 2.53 bits per heavy atom. The quantitative estimate of drug-likeness (QED) is 0.244. The lowest BCUT2D eigenvalue weighted by Gasteiger charge is -2.11. The minimum atomic E-state index is -0.329. The second-order valence-electron chi connectivity index (χ2n) is 6.04. The van der Waals surface area contributed by atoms with Crippen molar-refractivity contribution in [2.45, 2.75) is 33.2 Å². The molecule has 0 unspecified atom stereocenters. The molecule has 30 heavy (non-hydrogen) atoms. The molecule has 0 aliphatic rings. The predicted octanol–water partition coefficient (Wildman–Crippen LogP) is 5.03. The van der Waals surface area contributed by atoms with Crippen LogP contribution in [0.2, 0.25) is 0 Å². The van der Waals surface area contributed by atoms with Gasteiger partial charge < -0.3 is 15.8 Å². The van der Waals surface area contributed by atoms with Gasteiger partial charge in [-0.15, -0.1) is 13.2 Å². The van der Waals surface area contributed by atoms with E-state index in [0.717, 1.165) is 11.1 Å². The van der Waals surface area contributed by atoms with Gasteiger partial charge in [-0.2, -0.15) is 0 Å². The Bertz CT molecular complexity index is 805. The normalized spacial score (nSPS) is 12.9. The van der Waals surface area contributed by atoms with Crippen molar-refractivity contribution in [3.05, 3.63) is 103 Å². The van der Waals surface area contributed by atoms with Crippen LogP contribution in [-0.2, 0) is 16.1 Å². The number of allylic oxidation sites excluding steroid dienone is 6. The molecule has 1 heterocycles. The third-order valence-corrected chi connectivity index (χ3v) is 3.88. The van der Waals surface area contributed by atoms with E-state index in [4.69, 9.17) is 10.5 Å². The van der Waals surface area contributed by atoms with Gasteiger partial charge >= 0.3 is 0 Å². The number of methoxy groups -OCH3 is 1. The molecule has 1 amide bonds. The molecule has 0 radical (unpaired) electrons. The Balaban J connectivity index is 0.00000407. The Labute approximate surface area is 179 Å². The van der Waals surface area contributed by atoms with E-state index in [1.54, 1.807) is 24.5 Å². The number of hydrogen-bond acceptors (Lipinski definition) is 4. The van der Waals surface area contributed by atoms with Gasteiger partial charge in [-0.1, -0.05) is 24.8 Å². The minimum absolute atomic E-state index is 0.257. The molecule has 0 aromatic carbocycles. The molecular weight excluding hydrogens is 381 g/mol. The predicted molar refractivity (Wildman–Crippen MR) is 122 cm³/mol. The fourth-order valence-electron chi connectivity index (χ4n) is 2.42. The Morgan fingerprint density at radius 1 is 1.33 bits per heavy atom. The number of aromatic nitrogens is 1. The molecule has 0 saturated heterocycles. The van der Waals surface area contributed by atoms with Crippen LogP contribution in [0.1, 0.15) is 32.3 Å². The molecule has 162 valence electrons. The molecule has 0 bridgehead atoms. The number of ether oxygens (including phenoxy) is 1. The largest absolute Gasteiger partial charge is 0.496 e. The van der Waals surface area contributed by atoms with Crippen LogP contribution in [-0.4, -0.2) is 18.0 Å². The summed E-state index contributed by atoms with van der Waals surface area (Å²) >= 11 is 0. The molecule has 0 fully saturated rings. The summed E-state index contributed by atoms with van der Waals surface area (Å²) in [7, 11) is 1.46. The van der Waals surface area contributed by atoms with Crippen molar-refractivity contribution in [3.63, 3.8) is 0 Å². The monoisotopic (exact) mass is 413 g/mol. The number of carbonyl (C=O) groups is 1. The number of hydrogen-bond donors (Lipinski definition) is 2. The van der Waals surface area contributed by atoms with E-state index in [-0.39, 0.29) is 17.3 Å². The summed E-state index contributed by atoms with van der Waals surface area (Å²) < 4.78 is 18.4. The van der Waals surface area contributed by atoms with Crippen LogP contribution in [0.4, 0.5) is 4.39 Å². The fourth-order valence-corrected chi connectivity index (χ4v) is 2.42. The molecule has 1 aromatic heterocycles. The SMILES string of the molecule is C=C.C=C/C(C(=O)NCc1cccnc1)=C(\C=C(\N)CCC(=C/C)/C=C(\C)F)OC. The number of nitrogens with zero attached hydrogens (tertiary/aromatic N) is 1. The molecule has 0 spiro atoms. The smallest absolute Gasteiger partial charge is 0.255 e. The number of rotatable bonds is 10. The molecule has 0 saturated carbocycles. The zero-order valence-corrected chi connectivity index (χ0v) is 18.1. The van der Waals surface area contributed by atoms with Gasteiger partial charge in [0.2, 0.25) is 0 Å². The summed E-state index contributed by atoms with van der Waals surface area (Å²) in [6.07, 6.45) is 10.8. The Hall–Kier alpha value is -3.41. The van der Waals surface area contributed by atoms with Gasteiger partial charge in [-0.3, -0.25) is 9.78 Å². The summed E-state index contributed by atoms with van der Waals surface area (Å²) in [4.78, 5) is 16.5. The van der Waals surface area contributed by atoms with Crippen LogP contribution >= 0.6 is 0 Å². The zero-order valence-electron chi connectivity index (χ0n) is 18.1. The van der Waals surface area contributed by atoms with Crippen molar-refractivity contribution in [2.75, 3.05) is 7.11 Å². The van der Waals surface area contributed by atoms with E-state index in [9.17, 15) is 9.18 Å². The van der Waals surface area contributed by atoms with Crippen molar-refractivity contribution < 1.29 is 13.9 Å². The molecule has 5 nitrogen and oxygen atoms in total. The summed E-state index contributed by atoms with van der Waals surface area (Å²) in [6.45, 7) is 13.3. The first kappa shape index (κ1) is 26.6. The first-order valence-electron chi connectivity index (χ1n) is 9.44. The van der Waals surface area contributed by atoms with Crippen LogP contribution in [0.5, 0.6) is 0 Å². The highest BCUT2D eigenvalue weighted by atomic mass is 19.1. The lowest BCUT2D eigenvalue weighted by molar-refractivity contribution is -0.117. The molecular formula is C24H32FN3O2. The zero-order chi connectivity index (χ0) is 22.9. The molecule has 0 aliphatic carbocycles. The molecule has 0 atom stereocenters. The topological polar surface area (TPSA) is 77.2 Å². The lowest BCUT2D eigenvalue weighted by Crippen LogP contribution is -2.25. The first-order chi connectivity index (χ1) is 14.4. The second-order valence-corrected chi connectivity index (χ2v) is 6.04. The standard InChI is InChI=1S/C22H28FN3O2.C2H4/c1-5-17(12-16(3)23)9-10-19(24)13-21(28-4)20(6-2)22(27)26-15-18-8-7-11-25-14-18;1-2/h5-8,11-14H,2,9-10,15,24H2,1,3-4H3,(H,26,27);1-2H2/b16-12+,17-5-,19-13+,21-20-;. The molecule has 3 N–H and O–H groups in total. The molecule has 0 aliphatic heterocycles. The number of nitrogens with two attached hydrogens (primary N) is 1. The van der Waals surface area contributed by atoms with Crippen LogP contribution in [0, 0.1) is 0 Å². The number of carbonyl (C=O) groups excluding carboxylic acids is 1. The van der Waals surface area contributed by atoms with E-state index in [2.05, 4.69) is 30.0 Å². The van der Waals surface area contributed by atoms with Gasteiger partial charge in [0.15, 0.2) is 0 Å². The fraction of sp³-hybridized carbons (Fsp3) is 0.250. The van der Waals surface area contributed by atoms with E-state index in [1.165, 1.54) is 26.2 Å². The van der Waals surface area contributed by atoms with Gasteiger partial charge in [0.1, 0.15) is 5.76 Å². The summed E-state index contributed by atoms with van der Waals surface area (Å²) in [6, 6.07) is 3.67. The third kappa shape index (κ3) is 10.2. The highest BCUT2D eigenvalue weighted by molar-refractivity contribution is 5.96. The number of halogens is 1. The number of pyridine rings is 1. The summed E-state index contributed by atoms with van der Waals surface area (Å²) in [5.74, 6) is -0.271. The highest BCUT2D eigenvalue weighted by Gasteiger charge is 2.12. The van der Waals surface area contributed by atoms with Gasteiger partial charge in [-0.05, 0) is 56.0 Å². The van der Waals surface area contributed by atoms with Crippen molar-refractivity contribution in [1.29, 1.82) is 0 Å². The average molecular weight is 414 g/mol. The number of amides is 1. The second kappa shape index (κ2) is 15.5.